The van der Waals surface area contributed by atoms with Crippen LogP contribution in [0, 0.1) is 11.7 Å². The van der Waals surface area contributed by atoms with E-state index in [-0.39, 0.29) is 4.90 Å². The van der Waals surface area contributed by atoms with Gasteiger partial charge in [0.05, 0.1) is 4.90 Å². The highest BCUT2D eigenvalue weighted by Crippen LogP contribution is 2.48. The minimum Gasteiger partial charge on any atom is -0.301 e. The second-order valence-electron chi connectivity index (χ2n) is 7.62. The van der Waals surface area contributed by atoms with E-state index in [2.05, 4.69) is 15.9 Å². The van der Waals surface area contributed by atoms with Crippen LogP contribution in [-0.4, -0.2) is 15.0 Å². The number of hydrogen-bond acceptors (Lipinski definition) is 3. The van der Waals surface area contributed by atoms with E-state index in [9.17, 15) is 8.42 Å². The zero-order valence-corrected chi connectivity index (χ0v) is 21.6. The summed E-state index contributed by atoms with van der Waals surface area (Å²) in [6.45, 7) is 2.64. The summed E-state index contributed by atoms with van der Waals surface area (Å²) in [5.41, 5.74) is 4.30. The van der Waals surface area contributed by atoms with Crippen LogP contribution in [0.1, 0.15) is 6.92 Å². The average Bonchev–Trinajstić information content (AvgIpc) is 2.90. The number of nitrogens with zero attached hydrogens (tertiary/aromatic N) is 2. The van der Waals surface area contributed by atoms with Crippen molar-refractivity contribution in [2.45, 2.75) is 11.8 Å². The predicted octanol–water partition coefficient (Wildman–Crippen LogP) is 6.33. The molecule has 176 valence electrons. The van der Waals surface area contributed by atoms with Crippen molar-refractivity contribution in [3.05, 3.63) is 120 Å². The van der Waals surface area contributed by atoms with Gasteiger partial charge in [0.1, 0.15) is 7.05 Å². The molecule has 4 aromatic carbocycles. The summed E-state index contributed by atoms with van der Waals surface area (Å²) in [4.78, 5) is 1.99. The highest BCUT2D eigenvalue weighted by molar-refractivity contribution is 7.98. The molecule has 0 aliphatic carbocycles. The van der Waals surface area contributed by atoms with Crippen LogP contribution in [0.3, 0.4) is 0 Å². The summed E-state index contributed by atoms with van der Waals surface area (Å²) >= 11 is 6.00. The van der Waals surface area contributed by atoms with Gasteiger partial charge in [-0.15, -0.1) is 0 Å². The van der Waals surface area contributed by atoms with Gasteiger partial charge in [0.25, 0.3) is 10.0 Å². The van der Waals surface area contributed by atoms with E-state index in [1.165, 1.54) is 12.1 Å². The van der Waals surface area contributed by atoms with Gasteiger partial charge >= 0.3 is 0 Å². The summed E-state index contributed by atoms with van der Waals surface area (Å²) in [7, 11) is -7.14. The van der Waals surface area contributed by atoms with E-state index in [1.807, 2.05) is 103 Å². The lowest BCUT2D eigenvalue weighted by Crippen LogP contribution is -2.19. The molecule has 0 atom stereocenters. The summed E-state index contributed by atoms with van der Waals surface area (Å²) < 4.78 is 31.9. The molecule has 35 heavy (non-hydrogen) atoms. The molecule has 0 unspecified atom stereocenters. The topological polar surface area (TPSA) is 49.7 Å². The molecule has 0 bridgehead atoms. The lowest BCUT2D eigenvalue weighted by atomic mass is 10.3. The number of benzene rings is 4. The molecule has 4 rings (SSSR count). The largest absolute Gasteiger partial charge is 0.301 e. The van der Waals surface area contributed by atoms with Gasteiger partial charge in [0.15, 0.2) is 0 Å². The zero-order valence-electron chi connectivity index (χ0n) is 19.1. The zero-order chi connectivity index (χ0) is 24.7. The fourth-order valence-electron chi connectivity index (χ4n) is 3.56. The lowest BCUT2D eigenvalue weighted by Gasteiger charge is -2.21. The maximum atomic E-state index is 13.6. The molecule has 0 radical (unpaired) electrons. The molecule has 0 aliphatic heterocycles. The van der Waals surface area contributed by atoms with Crippen LogP contribution in [0.15, 0.2) is 124 Å². The van der Waals surface area contributed by atoms with Gasteiger partial charge in [-0.1, -0.05) is 90.5 Å². The first kappa shape index (κ1) is 24.8. The van der Waals surface area contributed by atoms with Crippen molar-refractivity contribution in [1.29, 1.82) is 0 Å². The van der Waals surface area contributed by atoms with Gasteiger partial charge in [0, 0.05) is 33.9 Å². The number of rotatable bonds is 6. The molecule has 4 nitrogen and oxygen atoms in total. The molecule has 0 heterocycles. The quantitative estimate of drug-likeness (QED) is 0.170. The molecule has 0 spiro atoms. The summed E-state index contributed by atoms with van der Waals surface area (Å²) in [5.74, 6) is 0. The van der Waals surface area contributed by atoms with E-state index in [0.717, 1.165) is 16.3 Å². The molecule has 7 heteroatoms. The standard InChI is InChI=1S/C28H24ClN2O2PS/c1-2-31(25-12-6-3-7-13-25)22-23-34(26-14-8-4-9-15-26,27-16-10-5-11-17-27)30-35(32,33)28-20-18-24(29)19-21-28/h3-21H,2H2,1H3. The van der Waals surface area contributed by atoms with Gasteiger partial charge in [-0.05, 0) is 49.0 Å². The molecule has 0 aliphatic rings. The van der Waals surface area contributed by atoms with Crippen molar-refractivity contribution in [1.82, 2.24) is 0 Å². The monoisotopic (exact) mass is 518 g/mol. The van der Waals surface area contributed by atoms with Crippen molar-refractivity contribution in [2.75, 3.05) is 11.4 Å². The van der Waals surface area contributed by atoms with Crippen LogP contribution in [0.2, 0.25) is 5.02 Å². The van der Waals surface area contributed by atoms with Crippen LogP contribution in [0.5, 0.6) is 0 Å². The maximum absolute atomic E-state index is 13.6. The van der Waals surface area contributed by atoms with Crippen molar-refractivity contribution in [3.8, 4) is 11.7 Å². The molecule has 0 amide bonds. The molecule has 0 N–H and O–H groups in total. The Morgan fingerprint density at radius 2 is 1.26 bits per heavy atom. The Morgan fingerprint density at radius 3 is 1.74 bits per heavy atom. The molecule has 0 aromatic heterocycles. The normalized spacial score (nSPS) is 11.3. The predicted molar refractivity (Wildman–Crippen MR) is 147 cm³/mol. The fraction of sp³-hybridized carbons (Fsp3) is 0.0714. The smallest absolute Gasteiger partial charge is 0.282 e. The summed E-state index contributed by atoms with van der Waals surface area (Å²) in [6.07, 6.45) is 0. The van der Waals surface area contributed by atoms with E-state index in [1.54, 1.807) is 12.1 Å². The Hall–Kier alpha value is -3.29. The Kier molecular flexibility index (Phi) is 7.78. The number of anilines is 1. The van der Waals surface area contributed by atoms with Crippen molar-refractivity contribution >= 4 is 45.0 Å². The molecule has 0 saturated heterocycles. The van der Waals surface area contributed by atoms with Crippen molar-refractivity contribution in [3.63, 3.8) is 0 Å². The third-order valence-corrected chi connectivity index (χ3v) is 10.8. The lowest BCUT2D eigenvalue weighted by molar-refractivity contribution is 0.598. The SMILES string of the molecule is CCN(C#CP(=NS(=O)(=O)c1ccc(Cl)cc1)(c1ccccc1)c1ccccc1)c1ccccc1. The minimum atomic E-state index is -4.06. The van der Waals surface area contributed by atoms with Crippen LogP contribution in [-0.2, 0) is 10.0 Å². The Bertz CT molecular complexity index is 1450. The van der Waals surface area contributed by atoms with Crippen LogP contribution >= 0.6 is 18.7 Å². The maximum Gasteiger partial charge on any atom is 0.282 e. The molecule has 0 saturated carbocycles. The van der Waals surface area contributed by atoms with Gasteiger partial charge in [-0.25, -0.2) is 0 Å². The summed E-state index contributed by atoms with van der Waals surface area (Å²) in [6, 6.07) is 38.0. The van der Waals surface area contributed by atoms with Gasteiger partial charge in [0.2, 0.25) is 0 Å². The highest BCUT2D eigenvalue weighted by Gasteiger charge is 2.28. The van der Waals surface area contributed by atoms with E-state index >= 15 is 0 Å². The molecular formula is C28H24ClN2O2PS. The van der Waals surface area contributed by atoms with Crippen molar-refractivity contribution in [2.24, 2.45) is 4.15 Å². The Labute approximate surface area is 212 Å². The Balaban J connectivity index is 2.03. The van der Waals surface area contributed by atoms with Crippen LogP contribution in [0.25, 0.3) is 0 Å². The fourth-order valence-corrected chi connectivity index (χ4v) is 8.78. The Morgan fingerprint density at radius 1 is 0.771 bits per heavy atom. The van der Waals surface area contributed by atoms with Crippen molar-refractivity contribution < 1.29 is 8.42 Å². The third-order valence-electron chi connectivity index (χ3n) is 5.33. The highest BCUT2D eigenvalue weighted by atomic mass is 35.5. The van der Waals surface area contributed by atoms with Crippen LogP contribution < -0.4 is 15.5 Å². The van der Waals surface area contributed by atoms with E-state index < -0.39 is 17.1 Å². The number of hydrogen-bond donors (Lipinski definition) is 0. The summed E-state index contributed by atoms with van der Waals surface area (Å²) in [5, 5.41) is 1.98. The third kappa shape index (κ3) is 5.69. The molecule has 0 fully saturated rings. The number of sulfonamides is 1. The first-order chi connectivity index (χ1) is 16.9. The minimum absolute atomic E-state index is 0.0790. The first-order valence-electron chi connectivity index (χ1n) is 11.1. The van der Waals surface area contributed by atoms with Gasteiger partial charge in [-0.2, -0.15) is 12.6 Å². The number of para-hydroxylation sites is 1. The average molecular weight is 519 g/mol. The molecular weight excluding hydrogens is 495 g/mol. The van der Waals surface area contributed by atoms with Gasteiger partial charge in [-0.3, -0.25) is 0 Å². The van der Waals surface area contributed by atoms with E-state index in [0.29, 0.717) is 11.6 Å². The molecule has 4 aromatic rings. The van der Waals surface area contributed by atoms with Gasteiger partial charge < -0.3 is 4.90 Å². The van der Waals surface area contributed by atoms with Crippen LogP contribution in [0.4, 0.5) is 5.69 Å². The first-order valence-corrected chi connectivity index (χ1v) is 14.6. The number of halogens is 1. The van der Waals surface area contributed by atoms with E-state index in [4.69, 9.17) is 11.6 Å². The second kappa shape index (κ2) is 11.0. The second-order valence-corrected chi connectivity index (χ2v) is 12.7.